The topological polar surface area (TPSA) is 124 Å². The highest BCUT2D eigenvalue weighted by atomic mass is 16.4. The van der Waals surface area contributed by atoms with Crippen molar-refractivity contribution in [1.29, 1.82) is 0 Å². The van der Waals surface area contributed by atoms with Crippen molar-refractivity contribution in [1.82, 2.24) is 0 Å². The summed E-state index contributed by atoms with van der Waals surface area (Å²) >= 11 is 0. The average molecular weight is 179 g/mol. The van der Waals surface area contributed by atoms with Crippen LogP contribution in [0.4, 0.5) is 0 Å². The zero-order chi connectivity index (χ0) is 9.72. The van der Waals surface area contributed by atoms with E-state index < -0.39 is 30.7 Å². The summed E-state index contributed by atoms with van der Waals surface area (Å²) in [5.41, 5.74) is 4.93. The number of aliphatic hydroxyl groups excluding tert-OH is 4. The monoisotopic (exact) mass is 179 g/mol. The Morgan fingerprint density at radius 3 is 2.17 bits per heavy atom. The third kappa shape index (κ3) is 2.84. The minimum absolute atomic E-state index is 0.325. The molecule has 6 heteroatoms. The molecule has 0 fully saturated rings. The Kier molecular flexibility index (Phi) is 4.95. The lowest BCUT2D eigenvalue weighted by atomic mass is 10.1. The van der Waals surface area contributed by atoms with E-state index in [1.165, 1.54) is 0 Å². The fourth-order valence-electron chi connectivity index (χ4n) is 0.603. The second-order valence-electron chi connectivity index (χ2n) is 2.35. The van der Waals surface area contributed by atoms with Gasteiger partial charge in [-0.25, -0.2) is 0 Å². The van der Waals surface area contributed by atoms with E-state index in [0.29, 0.717) is 0 Å². The van der Waals surface area contributed by atoms with Crippen LogP contribution in [0.25, 0.3) is 0 Å². The van der Waals surface area contributed by atoms with Gasteiger partial charge in [-0.3, -0.25) is 4.79 Å². The molecule has 0 aliphatic carbocycles. The molecular weight excluding hydrogens is 166 g/mol. The fourth-order valence-corrected chi connectivity index (χ4v) is 0.603. The Morgan fingerprint density at radius 1 is 1.33 bits per heavy atom. The van der Waals surface area contributed by atoms with Crippen molar-refractivity contribution in [3.05, 3.63) is 0 Å². The molecule has 0 aliphatic rings. The van der Waals surface area contributed by atoms with Gasteiger partial charge in [-0.1, -0.05) is 0 Å². The summed E-state index contributed by atoms with van der Waals surface area (Å²) in [6.07, 6.45) is -4.85. The van der Waals surface area contributed by atoms with Crippen LogP contribution in [-0.2, 0) is 4.79 Å². The molecule has 0 saturated carbocycles. The molecule has 0 aromatic heterocycles. The van der Waals surface area contributed by atoms with Crippen LogP contribution in [0.5, 0.6) is 0 Å². The molecule has 72 valence electrons. The van der Waals surface area contributed by atoms with E-state index >= 15 is 0 Å². The van der Waals surface area contributed by atoms with Gasteiger partial charge >= 0.3 is 0 Å². The molecule has 0 aromatic rings. The highest BCUT2D eigenvalue weighted by Crippen LogP contribution is 1.97. The maximum absolute atomic E-state index is 10.8. The molecule has 0 rings (SSSR count). The van der Waals surface area contributed by atoms with Crippen LogP contribution in [0, 0.1) is 0 Å². The second kappa shape index (κ2) is 5.18. The van der Waals surface area contributed by atoms with Gasteiger partial charge in [0, 0.05) is 6.54 Å². The Hall–Kier alpha value is -0.530. The molecule has 6 nitrogen and oxygen atoms in total. The molecule has 0 saturated heterocycles. The first-order valence-electron chi connectivity index (χ1n) is 3.43. The highest BCUT2D eigenvalue weighted by molar-refractivity contribution is 5.87. The number of hydrogen-bond donors (Lipinski definition) is 5. The van der Waals surface area contributed by atoms with E-state index in [9.17, 15) is 4.79 Å². The number of hydrogen-bond acceptors (Lipinski definition) is 6. The average Bonchev–Trinajstić information content (AvgIpc) is 2.12. The summed E-state index contributed by atoms with van der Waals surface area (Å²) in [4.78, 5) is 10.8. The predicted molar refractivity (Wildman–Crippen MR) is 39.2 cm³/mol. The first-order valence-corrected chi connectivity index (χ1v) is 3.43. The van der Waals surface area contributed by atoms with Crippen LogP contribution < -0.4 is 5.73 Å². The van der Waals surface area contributed by atoms with Crippen molar-refractivity contribution >= 4 is 5.78 Å². The molecule has 6 N–H and O–H groups in total. The van der Waals surface area contributed by atoms with Crippen LogP contribution in [0.1, 0.15) is 0 Å². The largest absolute Gasteiger partial charge is 0.394 e. The number of nitrogens with two attached hydrogens (primary N) is 1. The van der Waals surface area contributed by atoms with Gasteiger partial charge in [-0.2, -0.15) is 0 Å². The Morgan fingerprint density at radius 2 is 1.83 bits per heavy atom. The molecule has 0 spiro atoms. The second-order valence-corrected chi connectivity index (χ2v) is 2.35. The molecule has 0 aromatic carbocycles. The standard InChI is InChI=1S/C6H13NO5/c7-1-3(9)5(11)6(12)4(10)2-8/h3-4,6,8-10,12H,1-2,7H2. The quantitative estimate of drug-likeness (QED) is 0.299. The SMILES string of the molecule is NCC(O)C(=O)C(O)C(O)CO. The van der Waals surface area contributed by atoms with Crippen LogP contribution in [0.3, 0.4) is 0 Å². The molecular formula is C6H13NO5. The minimum atomic E-state index is -1.78. The van der Waals surface area contributed by atoms with E-state index in [-0.39, 0.29) is 6.54 Å². The zero-order valence-corrected chi connectivity index (χ0v) is 6.42. The Balaban J connectivity index is 4.09. The smallest absolute Gasteiger partial charge is 0.193 e. The summed E-state index contributed by atoms with van der Waals surface area (Å²) < 4.78 is 0. The van der Waals surface area contributed by atoms with Gasteiger partial charge in [0.15, 0.2) is 5.78 Å². The highest BCUT2D eigenvalue weighted by Gasteiger charge is 2.27. The lowest BCUT2D eigenvalue weighted by Gasteiger charge is -2.16. The van der Waals surface area contributed by atoms with Gasteiger partial charge < -0.3 is 26.2 Å². The van der Waals surface area contributed by atoms with Crippen molar-refractivity contribution in [2.75, 3.05) is 13.2 Å². The summed E-state index contributed by atoms with van der Waals surface area (Å²) in [5, 5.41) is 34.8. The Bertz CT molecular complexity index is 151. The van der Waals surface area contributed by atoms with E-state index in [4.69, 9.17) is 26.2 Å². The van der Waals surface area contributed by atoms with Gasteiger partial charge in [-0.15, -0.1) is 0 Å². The first-order chi connectivity index (χ1) is 5.54. The van der Waals surface area contributed by atoms with E-state index in [2.05, 4.69) is 0 Å². The maximum atomic E-state index is 10.8. The van der Waals surface area contributed by atoms with Crippen molar-refractivity contribution < 1.29 is 25.2 Å². The third-order valence-corrected chi connectivity index (χ3v) is 1.39. The fraction of sp³-hybridized carbons (Fsp3) is 0.833. The molecule has 0 radical (unpaired) electrons. The molecule has 0 amide bonds. The molecule has 0 bridgehead atoms. The lowest BCUT2D eigenvalue weighted by molar-refractivity contribution is -0.142. The van der Waals surface area contributed by atoms with E-state index in [0.717, 1.165) is 0 Å². The van der Waals surface area contributed by atoms with Crippen molar-refractivity contribution in [2.45, 2.75) is 18.3 Å². The van der Waals surface area contributed by atoms with E-state index in [1.807, 2.05) is 0 Å². The zero-order valence-electron chi connectivity index (χ0n) is 6.42. The number of aliphatic hydroxyl groups is 4. The van der Waals surface area contributed by atoms with Gasteiger partial charge in [0.05, 0.1) is 6.61 Å². The normalized spacial score (nSPS) is 18.4. The molecule has 3 unspecified atom stereocenters. The van der Waals surface area contributed by atoms with Crippen molar-refractivity contribution in [3.8, 4) is 0 Å². The van der Waals surface area contributed by atoms with Gasteiger partial charge in [0.25, 0.3) is 0 Å². The number of rotatable bonds is 5. The number of carbonyl (C=O) groups excluding carboxylic acids is 1. The molecule has 0 heterocycles. The van der Waals surface area contributed by atoms with Gasteiger partial charge in [0.1, 0.15) is 18.3 Å². The summed E-state index contributed by atoms with van der Waals surface area (Å²) in [6, 6.07) is 0. The maximum Gasteiger partial charge on any atom is 0.193 e. The molecule has 3 atom stereocenters. The summed E-state index contributed by atoms with van der Waals surface area (Å²) in [5.74, 6) is -0.987. The number of Topliss-reactive ketones (excluding diaryl/α,β-unsaturated/α-hetero) is 1. The van der Waals surface area contributed by atoms with Crippen LogP contribution in [-0.4, -0.2) is 57.7 Å². The molecule has 12 heavy (non-hydrogen) atoms. The number of carbonyl (C=O) groups is 1. The molecule has 0 aliphatic heterocycles. The Labute approximate surface area is 69.2 Å². The first kappa shape index (κ1) is 11.5. The predicted octanol–water partition coefficient (Wildman–Crippen LogP) is -3.41. The van der Waals surface area contributed by atoms with Crippen LogP contribution >= 0.6 is 0 Å². The van der Waals surface area contributed by atoms with Gasteiger partial charge in [0.2, 0.25) is 0 Å². The van der Waals surface area contributed by atoms with Crippen molar-refractivity contribution in [3.63, 3.8) is 0 Å². The van der Waals surface area contributed by atoms with Gasteiger partial charge in [-0.05, 0) is 0 Å². The van der Waals surface area contributed by atoms with E-state index in [1.54, 1.807) is 0 Å². The van der Waals surface area contributed by atoms with Crippen molar-refractivity contribution in [2.24, 2.45) is 5.73 Å². The minimum Gasteiger partial charge on any atom is -0.394 e. The summed E-state index contributed by atoms with van der Waals surface area (Å²) in [7, 11) is 0. The third-order valence-electron chi connectivity index (χ3n) is 1.39. The van der Waals surface area contributed by atoms with Crippen LogP contribution in [0.2, 0.25) is 0 Å². The number of ketones is 1. The lowest BCUT2D eigenvalue weighted by Crippen LogP contribution is -2.44. The summed E-state index contributed by atoms with van der Waals surface area (Å²) in [6.45, 7) is -1.07. The van der Waals surface area contributed by atoms with Crippen LogP contribution in [0.15, 0.2) is 0 Å².